The molecule has 0 radical (unpaired) electrons. The van der Waals surface area contributed by atoms with E-state index in [4.69, 9.17) is 11.6 Å². The Morgan fingerprint density at radius 1 is 1.06 bits per heavy atom. The first-order chi connectivity index (χ1) is 7.75. The minimum atomic E-state index is 0.324. The Balaban J connectivity index is 1.74. The van der Waals surface area contributed by atoms with Crippen LogP contribution in [0.15, 0.2) is 0 Å². The molecule has 92 valence electrons. The average Bonchev–Trinajstić information content (AvgIpc) is 2.31. The van der Waals surface area contributed by atoms with Crippen molar-refractivity contribution in [3.63, 3.8) is 0 Å². The summed E-state index contributed by atoms with van der Waals surface area (Å²) in [6, 6.07) is 0. The molecule has 0 atom stereocenters. The third kappa shape index (κ3) is 3.46. The molecular weight excluding hydrogens is 222 g/mol. The molecule has 2 fully saturated rings. The van der Waals surface area contributed by atoms with Gasteiger partial charge in [-0.15, -0.1) is 11.6 Å². The van der Waals surface area contributed by atoms with Crippen LogP contribution in [-0.2, 0) is 4.79 Å². The number of hydrogen-bond acceptors (Lipinski definition) is 1. The lowest BCUT2D eigenvalue weighted by Crippen LogP contribution is -3.13. The fourth-order valence-corrected chi connectivity index (χ4v) is 3.25. The van der Waals surface area contributed by atoms with Crippen LogP contribution in [0.5, 0.6) is 0 Å². The molecule has 2 nitrogen and oxygen atoms in total. The monoisotopic (exact) mass is 244 g/mol. The zero-order valence-corrected chi connectivity index (χ0v) is 10.8. The topological polar surface area (TPSA) is 21.5 Å². The van der Waals surface area contributed by atoms with Gasteiger partial charge in [-0.25, -0.2) is 0 Å². The molecule has 3 heteroatoms. The van der Waals surface area contributed by atoms with E-state index in [0.29, 0.717) is 17.1 Å². The summed E-state index contributed by atoms with van der Waals surface area (Å²) in [5.74, 6) is 0.824. The Bertz CT molecular complexity index is 230. The van der Waals surface area contributed by atoms with Gasteiger partial charge in [0.25, 0.3) is 0 Å². The van der Waals surface area contributed by atoms with E-state index in [1.165, 1.54) is 37.3 Å². The van der Waals surface area contributed by atoms with Gasteiger partial charge in [0, 0.05) is 11.3 Å². The Morgan fingerprint density at radius 3 is 2.31 bits per heavy atom. The van der Waals surface area contributed by atoms with Gasteiger partial charge in [-0.2, -0.15) is 0 Å². The Kier molecular flexibility index (Phi) is 4.66. The number of quaternary nitrogens is 1. The minimum absolute atomic E-state index is 0.324. The third-order valence-corrected chi connectivity index (χ3v) is 4.53. The van der Waals surface area contributed by atoms with Gasteiger partial charge >= 0.3 is 0 Å². The molecule has 1 aliphatic heterocycles. The molecule has 1 heterocycles. The van der Waals surface area contributed by atoms with Crippen LogP contribution in [0.2, 0.25) is 0 Å². The zero-order chi connectivity index (χ0) is 11.4. The van der Waals surface area contributed by atoms with Crippen molar-refractivity contribution in [2.24, 2.45) is 5.92 Å². The Hall–Kier alpha value is -0.0800. The maximum absolute atomic E-state index is 12.1. The highest BCUT2D eigenvalue weighted by Crippen LogP contribution is 2.27. The highest BCUT2D eigenvalue weighted by molar-refractivity contribution is 6.20. The van der Waals surface area contributed by atoms with Crippen molar-refractivity contribution in [3.8, 4) is 0 Å². The quantitative estimate of drug-likeness (QED) is 0.746. The number of carbonyl (C=O) groups excluding carboxylic acids is 1. The van der Waals surface area contributed by atoms with E-state index in [1.54, 1.807) is 0 Å². The Morgan fingerprint density at radius 2 is 1.69 bits per heavy atom. The number of ketones is 1. The molecule has 0 unspecified atom stereocenters. The van der Waals surface area contributed by atoms with Crippen molar-refractivity contribution in [1.29, 1.82) is 0 Å². The molecule has 1 aliphatic carbocycles. The number of nitrogens with one attached hydrogen (secondary N) is 1. The number of halogens is 1. The highest BCUT2D eigenvalue weighted by atomic mass is 35.5. The summed E-state index contributed by atoms with van der Waals surface area (Å²) in [6.07, 6.45) is 8.09. The zero-order valence-electron chi connectivity index (χ0n) is 10.0. The summed E-state index contributed by atoms with van der Waals surface area (Å²) >= 11 is 6.06. The summed E-state index contributed by atoms with van der Waals surface area (Å²) < 4.78 is 0. The van der Waals surface area contributed by atoms with E-state index < -0.39 is 0 Å². The van der Waals surface area contributed by atoms with Gasteiger partial charge in [0.2, 0.25) is 0 Å². The van der Waals surface area contributed by atoms with Crippen LogP contribution in [0.4, 0.5) is 0 Å². The van der Waals surface area contributed by atoms with Gasteiger partial charge in [0.05, 0.1) is 13.1 Å². The average molecular weight is 245 g/mol. The van der Waals surface area contributed by atoms with Crippen molar-refractivity contribution in [2.75, 3.05) is 19.6 Å². The molecule has 2 rings (SSSR count). The first-order valence-corrected chi connectivity index (χ1v) is 7.19. The molecule has 1 saturated carbocycles. The summed E-state index contributed by atoms with van der Waals surface area (Å²) in [5.41, 5.74) is 0. The standard InChI is InChI=1S/C13H22ClNO/c14-12-6-4-11(5-7-12)13(16)10-15-8-2-1-3-9-15/h11-12H,1-10H2/p+1. The lowest BCUT2D eigenvalue weighted by atomic mass is 9.85. The van der Waals surface area contributed by atoms with Crippen LogP contribution in [0, 0.1) is 5.92 Å². The summed E-state index contributed by atoms with van der Waals surface area (Å²) in [5, 5.41) is 0.325. The van der Waals surface area contributed by atoms with E-state index in [2.05, 4.69) is 0 Å². The van der Waals surface area contributed by atoms with Crippen molar-refractivity contribution >= 4 is 17.4 Å². The fraction of sp³-hybridized carbons (Fsp3) is 0.923. The molecule has 2 aliphatic rings. The predicted octanol–water partition coefficient (Wildman–Crippen LogP) is 1.42. The van der Waals surface area contributed by atoms with E-state index >= 15 is 0 Å². The molecule has 1 N–H and O–H groups in total. The van der Waals surface area contributed by atoms with Crippen LogP contribution in [0.25, 0.3) is 0 Å². The van der Waals surface area contributed by atoms with Crippen LogP contribution in [-0.4, -0.2) is 30.8 Å². The highest BCUT2D eigenvalue weighted by Gasteiger charge is 2.28. The summed E-state index contributed by atoms with van der Waals surface area (Å²) in [6.45, 7) is 3.19. The number of hydrogen-bond donors (Lipinski definition) is 1. The van der Waals surface area contributed by atoms with Gasteiger partial charge < -0.3 is 4.90 Å². The summed E-state index contributed by atoms with van der Waals surface area (Å²) in [4.78, 5) is 13.6. The van der Waals surface area contributed by atoms with Gasteiger partial charge in [-0.1, -0.05) is 0 Å². The first kappa shape index (κ1) is 12.4. The fourth-order valence-electron chi connectivity index (χ4n) is 2.99. The largest absolute Gasteiger partial charge is 0.329 e. The molecule has 16 heavy (non-hydrogen) atoms. The van der Waals surface area contributed by atoms with E-state index in [1.807, 2.05) is 0 Å². The smallest absolute Gasteiger partial charge is 0.189 e. The van der Waals surface area contributed by atoms with Crippen molar-refractivity contribution in [3.05, 3.63) is 0 Å². The van der Waals surface area contributed by atoms with E-state index in [0.717, 1.165) is 32.2 Å². The molecule has 1 saturated heterocycles. The van der Waals surface area contributed by atoms with Crippen LogP contribution in [0.3, 0.4) is 0 Å². The predicted molar refractivity (Wildman–Crippen MR) is 66.0 cm³/mol. The lowest BCUT2D eigenvalue weighted by Gasteiger charge is -2.27. The maximum atomic E-state index is 12.1. The number of likely N-dealkylation sites (tertiary alicyclic amines) is 1. The molecule has 0 aromatic carbocycles. The minimum Gasteiger partial charge on any atom is -0.329 e. The molecule has 0 spiro atoms. The maximum Gasteiger partial charge on any atom is 0.189 e. The lowest BCUT2D eigenvalue weighted by molar-refractivity contribution is -0.896. The van der Waals surface area contributed by atoms with Crippen molar-refractivity contribution in [2.45, 2.75) is 50.3 Å². The Labute approximate surface area is 103 Å². The van der Waals surface area contributed by atoms with Gasteiger partial charge in [-0.05, 0) is 44.9 Å². The number of rotatable bonds is 3. The molecule has 0 aromatic heterocycles. The van der Waals surface area contributed by atoms with Gasteiger partial charge in [-0.3, -0.25) is 4.79 Å². The summed E-state index contributed by atoms with van der Waals surface area (Å²) in [7, 11) is 0. The van der Waals surface area contributed by atoms with Gasteiger partial charge in [0.15, 0.2) is 5.78 Å². The second-order valence-corrected chi connectivity index (χ2v) is 6.02. The van der Waals surface area contributed by atoms with Crippen LogP contribution < -0.4 is 4.90 Å². The van der Waals surface area contributed by atoms with Crippen molar-refractivity contribution in [1.82, 2.24) is 0 Å². The molecule has 0 bridgehead atoms. The number of Topliss-reactive ketones (excluding diaryl/α,β-unsaturated/α-hetero) is 1. The second kappa shape index (κ2) is 6.02. The molecule has 0 amide bonds. The number of alkyl halides is 1. The van der Waals surface area contributed by atoms with Crippen molar-refractivity contribution < 1.29 is 9.69 Å². The van der Waals surface area contributed by atoms with Crippen LogP contribution >= 0.6 is 11.6 Å². The van der Waals surface area contributed by atoms with Crippen LogP contribution in [0.1, 0.15) is 44.9 Å². The normalized spacial score (nSPS) is 32.6. The number of piperidine rings is 1. The number of carbonyl (C=O) groups is 1. The third-order valence-electron chi connectivity index (χ3n) is 4.10. The van der Waals surface area contributed by atoms with Gasteiger partial charge in [0.1, 0.15) is 6.54 Å². The first-order valence-electron chi connectivity index (χ1n) is 6.76. The second-order valence-electron chi connectivity index (χ2n) is 5.40. The molecular formula is C13H23ClNO+. The van der Waals surface area contributed by atoms with E-state index in [-0.39, 0.29) is 0 Å². The van der Waals surface area contributed by atoms with E-state index in [9.17, 15) is 4.79 Å². The SMILES string of the molecule is O=C(C[NH+]1CCCCC1)C1CCC(Cl)CC1. The molecule has 0 aromatic rings.